The van der Waals surface area contributed by atoms with Crippen LogP contribution in [0.3, 0.4) is 0 Å². The molecule has 0 heterocycles. The maximum Gasteiger partial charge on any atom is 0.0408 e. The highest BCUT2D eigenvalue weighted by atomic mass is 79.9. The number of hydrogen-bond donors (Lipinski definition) is 0. The molecule has 0 aromatic heterocycles. The van der Waals surface area contributed by atoms with E-state index in [-0.39, 0.29) is 0 Å². The predicted molar refractivity (Wildman–Crippen MR) is 83.7 cm³/mol. The Morgan fingerprint density at radius 2 is 1.78 bits per heavy atom. The first-order valence-corrected chi connectivity index (χ1v) is 8.43. The molecular weight excluding hydrogens is 308 g/mol. The molecule has 1 aliphatic carbocycles. The summed E-state index contributed by atoms with van der Waals surface area (Å²) >= 11 is 9.96. The molecule has 2 heteroatoms. The molecule has 0 nitrogen and oxygen atoms in total. The van der Waals surface area contributed by atoms with Crippen molar-refractivity contribution in [3.63, 3.8) is 0 Å². The molecule has 1 aromatic carbocycles. The minimum Gasteiger partial charge on any atom is -0.0884 e. The van der Waals surface area contributed by atoms with E-state index in [2.05, 4.69) is 34.1 Å². The number of alkyl halides is 1. The normalized spacial score (nSPS) is 20.1. The fraction of sp³-hybridized carbons (Fsp3) is 0.625. The van der Waals surface area contributed by atoms with Crippen LogP contribution < -0.4 is 0 Å². The first kappa shape index (κ1) is 14.4. The zero-order valence-electron chi connectivity index (χ0n) is 10.9. The van der Waals surface area contributed by atoms with Crippen LogP contribution in [0.4, 0.5) is 0 Å². The third-order valence-corrected chi connectivity index (χ3v) is 5.29. The van der Waals surface area contributed by atoms with Crippen LogP contribution in [-0.2, 0) is 6.42 Å². The van der Waals surface area contributed by atoms with Gasteiger partial charge in [0.05, 0.1) is 0 Å². The molecule has 0 radical (unpaired) electrons. The highest BCUT2D eigenvalue weighted by Crippen LogP contribution is 2.30. The van der Waals surface area contributed by atoms with E-state index < -0.39 is 0 Å². The molecule has 18 heavy (non-hydrogen) atoms. The Labute approximate surface area is 124 Å². The SMILES string of the molecule is Clc1cccc(CC(Br)C2CCCCCCC2)c1. The van der Waals surface area contributed by atoms with Crippen molar-refractivity contribution in [2.24, 2.45) is 5.92 Å². The topological polar surface area (TPSA) is 0 Å². The molecule has 1 unspecified atom stereocenters. The van der Waals surface area contributed by atoms with Crippen molar-refractivity contribution in [1.29, 1.82) is 0 Å². The Morgan fingerprint density at radius 3 is 2.44 bits per heavy atom. The van der Waals surface area contributed by atoms with E-state index in [0.717, 1.165) is 17.4 Å². The largest absolute Gasteiger partial charge is 0.0884 e. The van der Waals surface area contributed by atoms with Gasteiger partial charge in [-0.25, -0.2) is 0 Å². The first-order valence-electron chi connectivity index (χ1n) is 7.14. The monoisotopic (exact) mass is 328 g/mol. The molecule has 0 N–H and O–H groups in total. The van der Waals surface area contributed by atoms with Gasteiger partial charge >= 0.3 is 0 Å². The molecule has 100 valence electrons. The van der Waals surface area contributed by atoms with E-state index in [9.17, 15) is 0 Å². The standard InChI is InChI=1S/C16H22BrCl/c17-16(12-13-7-6-10-15(18)11-13)14-8-4-2-1-3-5-9-14/h6-7,10-11,14,16H,1-5,8-9,12H2. The quantitative estimate of drug-likeness (QED) is 0.596. The predicted octanol–water partition coefficient (Wildman–Crippen LogP) is 6.01. The fourth-order valence-electron chi connectivity index (χ4n) is 2.91. The van der Waals surface area contributed by atoms with Gasteiger partial charge in [-0.3, -0.25) is 0 Å². The van der Waals surface area contributed by atoms with Crippen LogP contribution in [-0.4, -0.2) is 4.83 Å². The van der Waals surface area contributed by atoms with Crippen molar-refractivity contribution in [3.05, 3.63) is 34.9 Å². The van der Waals surface area contributed by atoms with E-state index in [1.54, 1.807) is 0 Å². The van der Waals surface area contributed by atoms with Crippen LogP contribution in [0.1, 0.15) is 50.5 Å². The van der Waals surface area contributed by atoms with Gasteiger partial charge in [0.2, 0.25) is 0 Å². The van der Waals surface area contributed by atoms with Gasteiger partial charge in [-0.05, 0) is 42.9 Å². The van der Waals surface area contributed by atoms with Gasteiger partial charge in [0.15, 0.2) is 0 Å². The Balaban J connectivity index is 1.91. The van der Waals surface area contributed by atoms with Crippen LogP contribution in [0.5, 0.6) is 0 Å². The van der Waals surface area contributed by atoms with Crippen molar-refractivity contribution < 1.29 is 0 Å². The summed E-state index contributed by atoms with van der Waals surface area (Å²) in [4.78, 5) is 0.606. The zero-order chi connectivity index (χ0) is 12.8. The van der Waals surface area contributed by atoms with E-state index in [4.69, 9.17) is 11.6 Å². The maximum absolute atomic E-state index is 6.05. The molecule has 1 aromatic rings. The number of benzene rings is 1. The van der Waals surface area contributed by atoms with Gasteiger partial charge in [-0.15, -0.1) is 0 Å². The van der Waals surface area contributed by atoms with E-state index in [1.807, 2.05) is 6.07 Å². The molecule has 1 saturated carbocycles. The van der Waals surface area contributed by atoms with Gasteiger partial charge in [0, 0.05) is 9.85 Å². The van der Waals surface area contributed by atoms with Crippen LogP contribution >= 0.6 is 27.5 Å². The van der Waals surface area contributed by atoms with Gasteiger partial charge in [0.1, 0.15) is 0 Å². The van der Waals surface area contributed by atoms with Crippen LogP contribution in [0, 0.1) is 5.92 Å². The van der Waals surface area contributed by atoms with Crippen molar-refractivity contribution in [3.8, 4) is 0 Å². The summed E-state index contributed by atoms with van der Waals surface area (Å²) < 4.78 is 0. The average molecular weight is 330 g/mol. The van der Waals surface area contributed by atoms with E-state index in [0.29, 0.717) is 4.83 Å². The van der Waals surface area contributed by atoms with Gasteiger partial charge in [-0.1, -0.05) is 71.8 Å². The van der Waals surface area contributed by atoms with Gasteiger partial charge in [-0.2, -0.15) is 0 Å². The van der Waals surface area contributed by atoms with Crippen LogP contribution in [0.15, 0.2) is 24.3 Å². The average Bonchev–Trinajstić information content (AvgIpc) is 2.28. The summed E-state index contributed by atoms with van der Waals surface area (Å²) in [5.41, 5.74) is 1.35. The lowest BCUT2D eigenvalue weighted by Gasteiger charge is -2.24. The van der Waals surface area contributed by atoms with Crippen LogP contribution in [0.25, 0.3) is 0 Å². The number of hydrogen-bond acceptors (Lipinski definition) is 0. The lowest BCUT2D eigenvalue weighted by atomic mass is 9.87. The van der Waals surface area contributed by atoms with Crippen molar-refractivity contribution in [2.75, 3.05) is 0 Å². The summed E-state index contributed by atoms with van der Waals surface area (Å²) in [6.07, 6.45) is 11.0. The summed E-state index contributed by atoms with van der Waals surface area (Å²) in [5, 5.41) is 0.852. The fourth-order valence-corrected chi connectivity index (χ4v) is 4.02. The minimum atomic E-state index is 0.606. The second kappa shape index (κ2) is 7.55. The van der Waals surface area contributed by atoms with Gasteiger partial charge < -0.3 is 0 Å². The molecule has 0 spiro atoms. The summed E-state index contributed by atoms with van der Waals surface area (Å²) in [6.45, 7) is 0. The lowest BCUT2D eigenvalue weighted by molar-refractivity contribution is 0.370. The Kier molecular flexibility index (Phi) is 6.04. The molecule has 0 aliphatic heterocycles. The second-order valence-corrected chi connectivity index (χ2v) is 7.07. The summed E-state index contributed by atoms with van der Waals surface area (Å²) in [7, 11) is 0. The molecule has 1 atom stereocenters. The third-order valence-electron chi connectivity index (χ3n) is 3.98. The van der Waals surface area contributed by atoms with Crippen LogP contribution in [0.2, 0.25) is 5.02 Å². The lowest BCUT2D eigenvalue weighted by Crippen LogP contribution is -2.18. The third kappa shape index (κ3) is 4.59. The molecule has 0 amide bonds. The second-order valence-electron chi connectivity index (χ2n) is 5.46. The molecule has 0 saturated heterocycles. The van der Waals surface area contributed by atoms with Crippen molar-refractivity contribution >= 4 is 27.5 Å². The number of halogens is 2. The molecule has 1 fully saturated rings. The van der Waals surface area contributed by atoms with E-state index >= 15 is 0 Å². The molecule has 1 aliphatic rings. The molecular formula is C16H22BrCl. The smallest absolute Gasteiger partial charge is 0.0408 e. The minimum absolute atomic E-state index is 0.606. The Hall–Kier alpha value is -0.0100. The summed E-state index contributed by atoms with van der Waals surface area (Å²) in [6, 6.07) is 8.28. The zero-order valence-corrected chi connectivity index (χ0v) is 13.2. The Morgan fingerprint density at radius 1 is 1.11 bits per heavy atom. The molecule has 0 bridgehead atoms. The number of rotatable bonds is 3. The summed E-state index contributed by atoms with van der Waals surface area (Å²) in [5.74, 6) is 0.837. The van der Waals surface area contributed by atoms with Crippen molar-refractivity contribution in [2.45, 2.75) is 56.2 Å². The Bertz CT molecular complexity index is 356. The van der Waals surface area contributed by atoms with Gasteiger partial charge in [0.25, 0.3) is 0 Å². The molecule has 2 rings (SSSR count). The first-order chi connectivity index (χ1) is 8.75. The van der Waals surface area contributed by atoms with E-state index in [1.165, 1.54) is 50.5 Å². The highest BCUT2D eigenvalue weighted by molar-refractivity contribution is 9.09. The van der Waals surface area contributed by atoms with Crippen molar-refractivity contribution in [1.82, 2.24) is 0 Å². The maximum atomic E-state index is 6.05. The highest BCUT2D eigenvalue weighted by Gasteiger charge is 2.20.